The van der Waals surface area contributed by atoms with E-state index in [9.17, 15) is 4.79 Å². The van der Waals surface area contributed by atoms with E-state index in [0.29, 0.717) is 10.7 Å². The van der Waals surface area contributed by atoms with Crippen molar-refractivity contribution in [2.75, 3.05) is 5.75 Å². The molecule has 0 saturated carbocycles. The number of fused-ring (bicyclic) bond motifs is 1. The minimum Gasteiger partial charge on any atom is -0.369 e. The van der Waals surface area contributed by atoms with Gasteiger partial charge in [0.05, 0.1) is 23.0 Å². The molecule has 7 heteroatoms. The van der Waals surface area contributed by atoms with Crippen molar-refractivity contribution in [2.24, 2.45) is 5.73 Å². The Kier molecular flexibility index (Phi) is 3.81. The number of aryl methyl sites for hydroxylation is 2. The predicted molar refractivity (Wildman–Crippen MR) is 86.1 cm³/mol. The summed E-state index contributed by atoms with van der Waals surface area (Å²) in [7, 11) is 0. The Bertz CT molecular complexity index is 858. The average molecular weight is 313 g/mol. The molecule has 2 aromatic heterocycles. The van der Waals surface area contributed by atoms with Gasteiger partial charge >= 0.3 is 0 Å². The van der Waals surface area contributed by atoms with Crippen LogP contribution >= 0.6 is 11.8 Å². The Labute approximate surface area is 131 Å². The van der Waals surface area contributed by atoms with E-state index in [-0.39, 0.29) is 11.7 Å². The number of benzene rings is 1. The zero-order valence-corrected chi connectivity index (χ0v) is 13.1. The lowest BCUT2D eigenvalue weighted by atomic mass is 10.1. The third kappa shape index (κ3) is 2.67. The first-order valence-electron chi connectivity index (χ1n) is 6.73. The van der Waals surface area contributed by atoms with Gasteiger partial charge in [-0.25, -0.2) is 14.6 Å². The molecule has 1 aromatic carbocycles. The van der Waals surface area contributed by atoms with E-state index in [4.69, 9.17) is 5.73 Å². The van der Waals surface area contributed by atoms with Gasteiger partial charge in [0.1, 0.15) is 11.4 Å². The number of primary amides is 1. The molecular formula is C15H15N5OS. The molecule has 22 heavy (non-hydrogen) atoms. The smallest absolute Gasteiger partial charge is 0.227 e. The Balaban J connectivity index is 2.06. The molecule has 0 unspecified atom stereocenters. The van der Waals surface area contributed by atoms with Gasteiger partial charge in [0.25, 0.3) is 0 Å². The van der Waals surface area contributed by atoms with Gasteiger partial charge in [0.15, 0.2) is 5.65 Å². The fourth-order valence-electron chi connectivity index (χ4n) is 2.12. The number of nitrogens with zero attached hydrogens (tertiary/aromatic N) is 4. The van der Waals surface area contributed by atoms with Crippen LogP contribution in [0.5, 0.6) is 0 Å². The van der Waals surface area contributed by atoms with E-state index in [1.165, 1.54) is 29.2 Å². The van der Waals surface area contributed by atoms with E-state index in [2.05, 4.69) is 41.0 Å². The van der Waals surface area contributed by atoms with E-state index >= 15 is 0 Å². The van der Waals surface area contributed by atoms with Gasteiger partial charge in [-0.15, -0.1) is 0 Å². The van der Waals surface area contributed by atoms with Crippen molar-refractivity contribution in [3.05, 3.63) is 41.9 Å². The highest BCUT2D eigenvalue weighted by molar-refractivity contribution is 8.00. The van der Waals surface area contributed by atoms with Crippen molar-refractivity contribution < 1.29 is 4.79 Å². The molecular weight excluding hydrogens is 298 g/mol. The Morgan fingerprint density at radius 3 is 2.82 bits per heavy atom. The highest BCUT2D eigenvalue weighted by Crippen LogP contribution is 2.26. The zero-order valence-electron chi connectivity index (χ0n) is 12.3. The molecule has 2 N–H and O–H groups in total. The average Bonchev–Trinajstić information content (AvgIpc) is 2.92. The first-order chi connectivity index (χ1) is 10.6. The van der Waals surface area contributed by atoms with Crippen molar-refractivity contribution in [1.29, 1.82) is 0 Å². The summed E-state index contributed by atoms with van der Waals surface area (Å²) in [5.74, 6) is -0.195. The van der Waals surface area contributed by atoms with Crippen molar-refractivity contribution in [2.45, 2.75) is 18.9 Å². The molecule has 0 bridgehead atoms. The second-order valence-electron chi connectivity index (χ2n) is 5.00. The summed E-state index contributed by atoms with van der Waals surface area (Å²) >= 11 is 1.29. The molecule has 0 saturated heterocycles. The van der Waals surface area contributed by atoms with Crippen LogP contribution in [0.15, 0.2) is 35.7 Å². The fourth-order valence-corrected chi connectivity index (χ4v) is 2.82. The van der Waals surface area contributed by atoms with Crippen molar-refractivity contribution >= 4 is 28.7 Å². The molecule has 112 valence electrons. The molecule has 0 aliphatic carbocycles. The van der Waals surface area contributed by atoms with Gasteiger partial charge in [-0.3, -0.25) is 4.79 Å². The number of carbonyl (C=O) groups excluding carboxylic acids is 1. The number of aromatic nitrogens is 4. The van der Waals surface area contributed by atoms with Crippen LogP contribution in [-0.4, -0.2) is 31.4 Å². The normalized spacial score (nSPS) is 11.0. The van der Waals surface area contributed by atoms with Crippen LogP contribution in [0.2, 0.25) is 0 Å². The SMILES string of the molecule is Cc1ccc(-n2ncc3c(SCC(N)=O)ncnc32)cc1C. The van der Waals surface area contributed by atoms with Gasteiger partial charge < -0.3 is 5.73 Å². The van der Waals surface area contributed by atoms with Crippen LogP contribution in [-0.2, 0) is 4.79 Å². The minimum absolute atomic E-state index is 0.181. The number of nitrogens with two attached hydrogens (primary N) is 1. The van der Waals surface area contributed by atoms with Crippen LogP contribution in [0.3, 0.4) is 0 Å². The summed E-state index contributed by atoms with van der Waals surface area (Å²) < 4.78 is 1.78. The molecule has 2 heterocycles. The Hall–Kier alpha value is -2.41. The largest absolute Gasteiger partial charge is 0.369 e. The van der Waals surface area contributed by atoms with Gasteiger partial charge in [0, 0.05) is 0 Å². The lowest BCUT2D eigenvalue weighted by Gasteiger charge is -2.06. The number of thioether (sulfide) groups is 1. The molecule has 0 atom stereocenters. The predicted octanol–water partition coefficient (Wildman–Crippen LogP) is 2.01. The van der Waals surface area contributed by atoms with Crippen LogP contribution in [0.1, 0.15) is 11.1 Å². The molecule has 0 fully saturated rings. The van der Waals surface area contributed by atoms with Crippen LogP contribution in [0.25, 0.3) is 16.7 Å². The van der Waals surface area contributed by atoms with Crippen LogP contribution < -0.4 is 5.73 Å². The molecule has 0 aliphatic heterocycles. The van der Waals surface area contributed by atoms with E-state index in [1.54, 1.807) is 10.9 Å². The third-order valence-corrected chi connectivity index (χ3v) is 4.44. The molecule has 0 aliphatic rings. The Morgan fingerprint density at radius 2 is 2.09 bits per heavy atom. The molecule has 6 nitrogen and oxygen atoms in total. The minimum atomic E-state index is -0.377. The monoisotopic (exact) mass is 313 g/mol. The summed E-state index contributed by atoms with van der Waals surface area (Å²) in [5, 5.41) is 5.93. The first-order valence-corrected chi connectivity index (χ1v) is 7.72. The van der Waals surface area contributed by atoms with Gasteiger partial charge in [-0.05, 0) is 37.1 Å². The number of hydrogen-bond acceptors (Lipinski definition) is 5. The van der Waals surface area contributed by atoms with Crippen molar-refractivity contribution in [1.82, 2.24) is 19.7 Å². The molecule has 0 spiro atoms. The zero-order chi connectivity index (χ0) is 15.7. The number of rotatable bonds is 4. The molecule has 3 rings (SSSR count). The summed E-state index contributed by atoms with van der Waals surface area (Å²) in [6, 6.07) is 6.13. The second-order valence-corrected chi connectivity index (χ2v) is 5.96. The van der Waals surface area contributed by atoms with Gasteiger partial charge in [-0.2, -0.15) is 5.10 Å². The van der Waals surface area contributed by atoms with E-state index in [0.717, 1.165) is 11.1 Å². The number of hydrogen-bond donors (Lipinski definition) is 1. The van der Waals surface area contributed by atoms with Crippen LogP contribution in [0, 0.1) is 13.8 Å². The van der Waals surface area contributed by atoms with Crippen molar-refractivity contribution in [3.8, 4) is 5.69 Å². The maximum atomic E-state index is 10.9. The second kappa shape index (κ2) is 5.76. The summed E-state index contributed by atoms with van der Waals surface area (Å²) in [5.41, 5.74) is 9.27. The molecule has 3 aromatic rings. The molecule has 0 radical (unpaired) electrons. The Morgan fingerprint density at radius 1 is 1.27 bits per heavy atom. The third-order valence-electron chi connectivity index (χ3n) is 3.42. The maximum absolute atomic E-state index is 10.9. The molecule has 1 amide bonds. The lowest BCUT2D eigenvalue weighted by Crippen LogP contribution is -2.13. The maximum Gasteiger partial charge on any atom is 0.227 e. The summed E-state index contributed by atoms with van der Waals surface area (Å²) in [6.07, 6.45) is 3.19. The highest BCUT2D eigenvalue weighted by atomic mass is 32.2. The topological polar surface area (TPSA) is 86.7 Å². The summed E-state index contributed by atoms with van der Waals surface area (Å²) in [6.45, 7) is 4.13. The standard InChI is InChI=1S/C15H15N5OS/c1-9-3-4-11(5-10(9)2)20-14-12(6-19-20)15(18-8-17-14)22-7-13(16)21/h3-6,8H,7H2,1-2H3,(H2,16,21). The number of carbonyl (C=O) groups is 1. The highest BCUT2D eigenvalue weighted by Gasteiger charge is 2.12. The number of amides is 1. The first kappa shape index (κ1) is 14.5. The fraction of sp³-hybridized carbons (Fsp3) is 0.200. The lowest BCUT2D eigenvalue weighted by molar-refractivity contribution is -0.115. The van der Waals surface area contributed by atoms with E-state index in [1.807, 2.05) is 6.07 Å². The van der Waals surface area contributed by atoms with Crippen molar-refractivity contribution in [3.63, 3.8) is 0 Å². The van der Waals surface area contributed by atoms with Gasteiger partial charge in [0.2, 0.25) is 5.91 Å². The van der Waals surface area contributed by atoms with Crippen LogP contribution in [0.4, 0.5) is 0 Å². The quantitative estimate of drug-likeness (QED) is 0.588. The van der Waals surface area contributed by atoms with Gasteiger partial charge in [-0.1, -0.05) is 17.8 Å². The van der Waals surface area contributed by atoms with E-state index < -0.39 is 0 Å². The summed E-state index contributed by atoms with van der Waals surface area (Å²) in [4.78, 5) is 19.5.